The Bertz CT molecular complexity index is 3860. The molecular weight excluding hydrogens is 771 g/mol. The molecule has 0 aliphatic rings. The number of benzene rings is 12. The third-order valence-corrected chi connectivity index (χ3v) is 13.6. The van der Waals surface area contributed by atoms with Crippen molar-refractivity contribution in [3.63, 3.8) is 0 Å². The minimum atomic E-state index is 0.0735. The van der Waals surface area contributed by atoms with E-state index in [9.17, 15) is 0 Å². The molecule has 12 aromatic carbocycles. The van der Waals surface area contributed by atoms with Gasteiger partial charge in [0, 0.05) is 27.9 Å². The zero-order chi connectivity index (χ0) is 42.1. The Labute approximate surface area is 372 Å². The highest BCUT2D eigenvalue weighted by molar-refractivity contribution is 6.32. The maximum atomic E-state index is 2.56. The predicted octanol–water partition coefficient (Wildman–Crippen LogP) is 17.0. The predicted molar refractivity (Wildman–Crippen MR) is 272 cm³/mol. The second-order valence-corrected chi connectivity index (χ2v) is 17.2. The van der Waals surface area contributed by atoms with Gasteiger partial charge < -0.3 is 4.57 Å². The number of nitrogens with zero attached hydrogens (tertiary/aromatic N) is 1. The Morgan fingerprint density at radius 1 is 0.297 bits per heavy atom. The molecule has 13 aromatic rings. The van der Waals surface area contributed by atoms with Crippen LogP contribution in [0.4, 0.5) is 0 Å². The summed E-state index contributed by atoms with van der Waals surface area (Å²) in [5.74, 6) is 0.0735. The molecule has 1 heterocycles. The Morgan fingerprint density at radius 3 is 1.56 bits per heavy atom. The van der Waals surface area contributed by atoms with Gasteiger partial charge in [-0.05, 0) is 112 Å². The summed E-state index contributed by atoms with van der Waals surface area (Å²) in [6.07, 6.45) is 0. The van der Waals surface area contributed by atoms with Crippen molar-refractivity contribution in [2.45, 2.75) is 5.92 Å². The van der Waals surface area contributed by atoms with Crippen LogP contribution in [0, 0.1) is 0 Å². The van der Waals surface area contributed by atoms with Crippen LogP contribution in [-0.2, 0) is 0 Å². The van der Waals surface area contributed by atoms with Crippen molar-refractivity contribution < 1.29 is 0 Å². The summed E-state index contributed by atoms with van der Waals surface area (Å²) < 4.78 is 2.56. The van der Waals surface area contributed by atoms with Gasteiger partial charge in [0.1, 0.15) is 0 Å². The lowest BCUT2D eigenvalue weighted by atomic mass is 9.84. The van der Waals surface area contributed by atoms with Gasteiger partial charge in [-0.1, -0.05) is 218 Å². The van der Waals surface area contributed by atoms with E-state index in [1.165, 1.54) is 115 Å². The lowest BCUT2D eigenvalue weighted by molar-refractivity contribution is 0.977. The zero-order valence-corrected chi connectivity index (χ0v) is 35.1. The lowest BCUT2D eigenvalue weighted by Crippen LogP contribution is -2.04. The average molecular weight is 812 g/mol. The SMILES string of the molecule is c1ccc(-c2c(-c3ccccc3)n(-c3ccc(C(c4ccccc4)c4ccc5ccccc5c4)cc3)c3c2cc2ccc4c(-c5ccc6ccccc6c5)ccc5ccc3c2c54)cc1. The monoisotopic (exact) mass is 811 g/mol. The fourth-order valence-electron chi connectivity index (χ4n) is 10.7. The van der Waals surface area contributed by atoms with E-state index in [0.717, 1.165) is 5.69 Å². The van der Waals surface area contributed by atoms with Crippen LogP contribution >= 0.6 is 0 Å². The molecule has 0 radical (unpaired) electrons. The van der Waals surface area contributed by atoms with Gasteiger partial charge >= 0.3 is 0 Å². The Hall–Kier alpha value is -8.26. The number of hydrogen-bond acceptors (Lipinski definition) is 0. The maximum Gasteiger partial charge on any atom is 0.0620 e. The normalized spacial score (nSPS) is 12.3. The van der Waals surface area contributed by atoms with E-state index in [-0.39, 0.29) is 5.92 Å². The minimum absolute atomic E-state index is 0.0735. The van der Waals surface area contributed by atoms with Crippen molar-refractivity contribution in [3.05, 3.63) is 259 Å². The first kappa shape index (κ1) is 36.4. The summed E-state index contributed by atoms with van der Waals surface area (Å²) in [6.45, 7) is 0. The van der Waals surface area contributed by atoms with Crippen LogP contribution in [0.2, 0.25) is 0 Å². The van der Waals surface area contributed by atoms with E-state index < -0.39 is 0 Å². The molecule has 1 atom stereocenters. The second-order valence-electron chi connectivity index (χ2n) is 17.2. The second kappa shape index (κ2) is 14.7. The van der Waals surface area contributed by atoms with Crippen LogP contribution in [0.15, 0.2) is 243 Å². The van der Waals surface area contributed by atoms with Crippen molar-refractivity contribution in [2.24, 2.45) is 0 Å². The van der Waals surface area contributed by atoms with Crippen molar-refractivity contribution in [1.29, 1.82) is 0 Å². The zero-order valence-electron chi connectivity index (χ0n) is 35.1. The quantitative estimate of drug-likeness (QED) is 0.112. The van der Waals surface area contributed by atoms with Crippen LogP contribution < -0.4 is 0 Å². The maximum absolute atomic E-state index is 2.56. The van der Waals surface area contributed by atoms with Gasteiger partial charge in [0.15, 0.2) is 0 Å². The molecule has 0 aliphatic heterocycles. The van der Waals surface area contributed by atoms with Crippen molar-refractivity contribution in [1.82, 2.24) is 4.57 Å². The highest BCUT2D eigenvalue weighted by Crippen LogP contribution is 2.49. The molecule has 0 bridgehead atoms. The van der Waals surface area contributed by atoms with Gasteiger partial charge in [0.05, 0.1) is 11.2 Å². The molecule has 298 valence electrons. The molecule has 1 aromatic heterocycles. The number of hydrogen-bond donors (Lipinski definition) is 0. The van der Waals surface area contributed by atoms with Crippen molar-refractivity contribution >= 4 is 64.8 Å². The van der Waals surface area contributed by atoms with Gasteiger partial charge in [-0.2, -0.15) is 0 Å². The Kier molecular flexibility index (Phi) is 8.35. The van der Waals surface area contributed by atoms with Gasteiger partial charge in [0.25, 0.3) is 0 Å². The standard InChI is InChI=1S/C63H41N/c1-4-16-43(17-5-1)58(51-27-25-42-15-11-13-23-49(42)39-51)45-28-33-53(34-29-45)64-62(47-20-8-3-9-21-47)61(44-18-6-2-7-19-44)57-40-52-32-36-55-54(50-26-24-41-14-10-12-22-48(41)38-50)35-30-46-31-37-56(63(57)64)60(52)59(46)55/h1-40,58H. The van der Waals surface area contributed by atoms with E-state index >= 15 is 0 Å². The third kappa shape index (κ3) is 5.79. The smallest absolute Gasteiger partial charge is 0.0620 e. The molecule has 0 saturated carbocycles. The number of rotatable bonds is 7. The molecule has 0 N–H and O–H groups in total. The molecule has 1 unspecified atom stereocenters. The molecule has 64 heavy (non-hydrogen) atoms. The van der Waals surface area contributed by atoms with E-state index in [4.69, 9.17) is 0 Å². The molecule has 0 aliphatic carbocycles. The average Bonchev–Trinajstić information content (AvgIpc) is 3.71. The summed E-state index contributed by atoms with van der Waals surface area (Å²) in [4.78, 5) is 0. The first-order valence-corrected chi connectivity index (χ1v) is 22.3. The summed E-state index contributed by atoms with van der Waals surface area (Å²) >= 11 is 0. The van der Waals surface area contributed by atoms with E-state index in [1.54, 1.807) is 0 Å². The minimum Gasteiger partial charge on any atom is -0.308 e. The topological polar surface area (TPSA) is 4.93 Å². The molecule has 0 fully saturated rings. The molecule has 0 saturated heterocycles. The molecule has 0 amide bonds. The summed E-state index contributed by atoms with van der Waals surface area (Å²) in [5, 5.41) is 13.9. The lowest BCUT2D eigenvalue weighted by Gasteiger charge is -2.21. The first-order valence-electron chi connectivity index (χ1n) is 22.3. The van der Waals surface area contributed by atoms with Crippen LogP contribution in [0.1, 0.15) is 22.6 Å². The fourth-order valence-corrected chi connectivity index (χ4v) is 10.7. The summed E-state index contributed by atoms with van der Waals surface area (Å²) in [5.41, 5.74) is 13.5. The summed E-state index contributed by atoms with van der Waals surface area (Å²) in [7, 11) is 0. The van der Waals surface area contributed by atoms with E-state index in [2.05, 4.69) is 247 Å². The van der Waals surface area contributed by atoms with Crippen molar-refractivity contribution in [2.75, 3.05) is 0 Å². The van der Waals surface area contributed by atoms with Gasteiger partial charge in [-0.15, -0.1) is 0 Å². The van der Waals surface area contributed by atoms with E-state index in [0.29, 0.717) is 0 Å². The van der Waals surface area contributed by atoms with Gasteiger partial charge in [0.2, 0.25) is 0 Å². The first-order chi connectivity index (χ1) is 31.7. The summed E-state index contributed by atoms with van der Waals surface area (Å²) in [6, 6.07) is 90.0. The van der Waals surface area contributed by atoms with Gasteiger partial charge in [-0.3, -0.25) is 0 Å². The molecule has 13 rings (SSSR count). The highest BCUT2D eigenvalue weighted by Gasteiger charge is 2.26. The molecule has 1 nitrogen and oxygen atoms in total. The Balaban J connectivity index is 1.09. The number of aromatic nitrogens is 1. The largest absolute Gasteiger partial charge is 0.308 e. The van der Waals surface area contributed by atoms with Crippen LogP contribution in [0.3, 0.4) is 0 Å². The van der Waals surface area contributed by atoms with E-state index in [1.807, 2.05) is 0 Å². The molecule has 1 heteroatoms. The molecule has 0 spiro atoms. The highest BCUT2D eigenvalue weighted by atomic mass is 15.0. The van der Waals surface area contributed by atoms with Gasteiger partial charge in [-0.25, -0.2) is 0 Å². The molecular formula is C63H41N. The third-order valence-electron chi connectivity index (χ3n) is 13.6. The van der Waals surface area contributed by atoms with Crippen molar-refractivity contribution in [3.8, 4) is 39.2 Å². The van der Waals surface area contributed by atoms with Crippen LogP contribution in [0.25, 0.3) is 104 Å². The Morgan fingerprint density at radius 2 is 0.828 bits per heavy atom. The van der Waals surface area contributed by atoms with Crippen LogP contribution in [-0.4, -0.2) is 4.57 Å². The fraction of sp³-hybridized carbons (Fsp3) is 0.0159. The number of fused-ring (bicyclic) bond motifs is 4. The van der Waals surface area contributed by atoms with Crippen LogP contribution in [0.5, 0.6) is 0 Å².